The standard InChI is InChI=1S/C13H19N3O2/c1-5-10(4)18-13-8-11(14-6-2)15-12(16-13)9-17-7-3/h1,8,10H,6-7,9H2,2-4H3,(H,14,15,16). The van der Waals surface area contributed by atoms with Gasteiger partial charge < -0.3 is 14.8 Å². The first-order valence-corrected chi connectivity index (χ1v) is 6.01. The van der Waals surface area contributed by atoms with Gasteiger partial charge in [0.25, 0.3) is 0 Å². The molecule has 0 bridgehead atoms. The quantitative estimate of drug-likeness (QED) is 0.747. The molecule has 1 atom stereocenters. The van der Waals surface area contributed by atoms with Gasteiger partial charge in [-0.3, -0.25) is 0 Å². The molecule has 1 unspecified atom stereocenters. The molecule has 0 saturated carbocycles. The van der Waals surface area contributed by atoms with Crippen LogP contribution in [0.1, 0.15) is 26.6 Å². The van der Waals surface area contributed by atoms with Crippen LogP contribution in [0.4, 0.5) is 5.82 Å². The average Bonchev–Trinajstić information content (AvgIpc) is 2.36. The molecule has 0 fully saturated rings. The zero-order valence-corrected chi connectivity index (χ0v) is 11.1. The molecule has 0 aliphatic carbocycles. The highest BCUT2D eigenvalue weighted by Crippen LogP contribution is 2.15. The number of aromatic nitrogens is 2. The van der Waals surface area contributed by atoms with Gasteiger partial charge in [0.05, 0.1) is 0 Å². The maximum absolute atomic E-state index is 5.49. The molecular weight excluding hydrogens is 230 g/mol. The third kappa shape index (κ3) is 4.60. The van der Waals surface area contributed by atoms with Gasteiger partial charge in [0.15, 0.2) is 11.9 Å². The highest BCUT2D eigenvalue weighted by atomic mass is 16.5. The van der Waals surface area contributed by atoms with Crippen LogP contribution in [-0.4, -0.2) is 29.2 Å². The van der Waals surface area contributed by atoms with Crippen LogP contribution in [-0.2, 0) is 11.3 Å². The molecule has 1 rings (SSSR count). The Morgan fingerprint density at radius 1 is 1.44 bits per heavy atom. The summed E-state index contributed by atoms with van der Waals surface area (Å²) in [6, 6.07) is 1.73. The van der Waals surface area contributed by atoms with Gasteiger partial charge >= 0.3 is 0 Å². The Labute approximate surface area is 108 Å². The van der Waals surface area contributed by atoms with Crippen LogP contribution in [0.25, 0.3) is 0 Å². The van der Waals surface area contributed by atoms with Crippen LogP contribution < -0.4 is 10.1 Å². The molecule has 5 nitrogen and oxygen atoms in total. The highest BCUT2D eigenvalue weighted by Gasteiger charge is 2.07. The summed E-state index contributed by atoms with van der Waals surface area (Å²) in [7, 11) is 0. The smallest absolute Gasteiger partial charge is 0.220 e. The van der Waals surface area contributed by atoms with E-state index >= 15 is 0 Å². The Balaban J connectivity index is 2.87. The molecule has 0 saturated heterocycles. The van der Waals surface area contributed by atoms with Crippen LogP contribution in [0.2, 0.25) is 0 Å². The van der Waals surface area contributed by atoms with Gasteiger partial charge in [0.2, 0.25) is 5.88 Å². The molecule has 0 aliphatic rings. The summed E-state index contributed by atoms with van der Waals surface area (Å²) < 4.78 is 10.8. The van der Waals surface area contributed by atoms with Crippen molar-refractivity contribution in [2.45, 2.75) is 33.5 Å². The van der Waals surface area contributed by atoms with Gasteiger partial charge in [-0.2, -0.15) is 4.98 Å². The van der Waals surface area contributed by atoms with Gasteiger partial charge in [-0.05, 0) is 20.8 Å². The summed E-state index contributed by atoms with van der Waals surface area (Å²) in [5, 5.41) is 3.12. The Hall–Kier alpha value is -1.80. The molecule has 1 N–H and O–H groups in total. The average molecular weight is 249 g/mol. The first-order chi connectivity index (χ1) is 8.69. The first-order valence-electron chi connectivity index (χ1n) is 6.01. The van der Waals surface area contributed by atoms with Crippen LogP contribution in [0.3, 0.4) is 0 Å². The van der Waals surface area contributed by atoms with Gasteiger partial charge in [-0.15, -0.1) is 6.42 Å². The van der Waals surface area contributed by atoms with Gasteiger partial charge in [0, 0.05) is 19.2 Å². The van der Waals surface area contributed by atoms with E-state index in [-0.39, 0.29) is 6.10 Å². The summed E-state index contributed by atoms with van der Waals surface area (Å²) in [6.45, 7) is 7.45. The molecule has 5 heteroatoms. The minimum Gasteiger partial charge on any atom is -0.461 e. The fraction of sp³-hybridized carbons (Fsp3) is 0.538. The Bertz CT molecular complexity index is 415. The van der Waals surface area contributed by atoms with Crippen molar-refractivity contribution >= 4 is 5.82 Å². The first kappa shape index (κ1) is 14.3. The fourth-order valence-electron chi connectivity index (χ4n) is 1.28. The van der Waals surface area contributed by atoms with E-state index in [2.05, 4.69) is 21.2 Å². The third-order valence-electron chi connectivity index (χ3n) is 2.07. The molecule has 0 aromatic carbocycles. The monoisotopic (exact) mass is 249 g/mol. The molecular formula is C13H19N3O2. The molecule has 98 valence electrons. The molecule has 1 heterocycles. The van der Waals surface area contributed by atoms with E-state index in [9.17, 15) is 0 Å². The molecule has 1 aromatic rings. The van der Waals surface area contributed by atoms with E-state index in [4.69, 9.17) is 15.9 Å². The van der Waals surface area contributed by atoms with E-state index in [0.717, 1.165) is 6.54 Å². The lowest BCUT2D eigenvalue weighted by Crippen LogP contribution is -2.12. The van der Waals surface area contributed by atoms with Crippen molar-refractivity contribution in [3.63, 3.8) is 0 Å². The number of nitrogens with one attached hydrogen (secondary N) is 1. The van der Waals surface area contributed by atoms with Crippen molar-refractivity contribution < 1.29 is 9.47 Å². The van der Waals surface area contributed by atoms with Crippen molar-refractivity contribution in [3.8, 4) is 18.2 Å². The van der Waals surface area contributed by atoms with Gasteiger partial charge in [-0.1, -0.05) is 5.92 Å². The molecule has 1 aromatic heterocycles. The second kappa shape index (κ2) is 7.51. The number of hydrogen-bond donors (Lipinski definition) is 1. The fourth-order valence-corrected chi connectivity index (χ4v) is 1.28. The molecule has 0 amide bonds. The number of terminal acetylenes is 1. The zero-order chi connectivity index (χ0) is 13.4. The summed E-state index contributed by atoms with van der Waals surface area (Å²) in [4.78, 5) is 8.56. The van der Waals surface area contributed by atoms with E-state index in [0.29, 0.717) is 30.7 Å². The van der Waals surface area contributed by atoms with Crippen molar-refractivity contribution in [1.29, 1.82) is 0 Å². The number of hydrogen-bond acceptors (Lipinski definition) is 5. The van der Waals surface area contributed by atoms with E-state index < -0.39 is 0 Å². The van der Waals surface area contributed by atoms with Crippen molar-refractivity contribution in [3.05, 3.63) is 11.9 Å². The minimum atomic E-state index is -0.325. The molecule has 0 radical (unpaired) electrons. The molecule has 0 spiro atoms. The van der Waals surface area contributed by atoms with E-state index in [1.54, 1.807) is 13.0 Å². The topological polar surface area (TPSA) is 56.3 Å². The lowest BCUT2D eigenvalue weighted by molar-refractivity contribution is 0.127. The number of nitrogens with zero attached hydrogens (tertiary/aromatic N) is 2. The second-order valence-electron chi connectivity index (χ2n) is 3.60. The van der Waals surface area contributed by atoms with Crippen molar-refractivity contribution in [2.75, 3.05) is 18.5 Å². The second-order valence-corrected chi connectivity index (χ2v) is 3.60. The summed E-state index contributed by atoms with van der Waals surface area (Å²) in [6.07, 6.45) is 4.95. The van der Waals surface area contributed by atoms with Crippen LogP contribution in [0, 0.1) is 12.3 Å². The minimum absolute atomic E-state index is 0.325. The maximum atomic E-state index is 5.49. The predicted molar refractivity (Wildman–Crippen MR) is 70.4 cm³/mol. The third-order valence-corrected chi connectivity index (χ3v) is 2.07. The van der Waals surface area contributed by atoms with Gasteiger partial charge in [0.1, 0.15) is 12.4 Å². The number of rotatable bonds is 7. The van der Waals surface area contributed by atoms with Crippen LogP contribution in [0.5, 0.6) is 5.88 Å². The SMILES string of the molecule is C#CC(C)Oc1cc(NCC)nc(COCC)n1. The predicted octanol–water partition coefficient (Wildman–Crippen LogP) is 1.85. The Kier molecular flexibility index (Phi) is 5.95. The normalized spacial score (nSPS) is 11.7. The maximum Gasteiger partial charge on any atom is 0.220 e. The summed E-state index contributed by atoms with van der Waals surface area (Å²) in [5.74, 6) is 4.24. The largest absolute Gasteiger partial charge is 0.461 e. The van der Waals surface area contributed by atoms with Crippen molar-refractivity contribution in [1.82, 2.24) is 9.97 Å². The molecule has 18 heavy (non-hydrogen) atoms. The van der Waals surface area contributed by atoms with Crippen LogP contribution >= 0.6 is 0 Å². The Morgan fingerprint density at radius 3 is 2.83 bits per heavy atom. The summed E-state index contributed by atoms with van der Waals surface area (Å²) in [5.41, 5.74) is 0. The van der Waals surface area contributed by atoms with Gasteiger partial charge in [-0.25, -0.2) is 4.98 Å². The lowest BCUT2D eigenvalue weighted by Gasteiger charge is -2.11. The van der Waals surface area contributed by atoms with Crippen molar-refractivity contribution in [2.24, 2.45) is 0 Å². The van der Waals surface area contributed by atoms with E-state index in [1.165, 1.54) is 0 Å². The molecule has 0 aliphatic heterocycles. The lowest BCUT2D eigenvalue weighted by atomic mass is 10.4. The Morgan fingerprint density at radius 2 is 2.22 bits per heavy atom. The van der Waals surface area contributed by atoms with Crippen LogP contribution in [0.15, 0.2) is 6.07 Å². The summed E-state index contributed by atoms with van der Waals surface area (Å²) >= 11 is 0. The number of ether oxygens (including phenoxy) is 2. The zero-order valence-electron chi connectivity index (χ0n) is 11.1. The highest BCUT2D eigenvalue weighted by molar-refractivity contribution is 5.38. The number of anilines is 1. The van der Waals surface area contributed by atoms with E-state index in [1.807, 2.05) is 13.8 Å².